The van der Waals surface area contributed by atoms with E-state index in [0.717, 1.165) is 24.6 Å². The zero-order valence-electron chi connectivity index (χ0n) is 12.8. The zero-order valence-corrected chi connectivity index (χ0v) is 13.6. The normalized spacial score (nSPS) is 15.3. The monoisotopic (exact) mass is 321 g/mol. The van der Waals surface area contributed by atoms with Crippen LogP contribution in [0, 0.1) is 0 Å². The van der Waals surface area contributed by atoms with Crippen molar-refractivity contribution in [2.75, 3.05) is 44.1 Å². The molecule has 0 amide bonds. The van der Waals surface area contributed by atoms with Crippen LogP contribution < -0.4 is 4.90 Å². The topological polar surface area (TPSA) is 64.8 Å². The summed E-state index contributed by atoms with van der Waals surface area (Å²) in [5, 5.41) is 5.17. The second-order valence-corrected chi connectivity index (χ2v) is 5.55. The van der Waals surface area contributed by atoms with Crippen molar-refractivity contribution >= 4 is 29.0 Å². The fourth-order valence-corrected chi connectivity index (χ4v) is 2.66. The maximum Gasteiger partial charge on any atom is 0.209 e. The fraction of sp³-hybridized carbons (Fsp3) is 0.500. The number of fused-ring (bicyclic) bond motifs is 1. The third-order valence-corrected chi connectivity index (χ3v) is 3.92. The van der Waals surface area contributed by atoms with Crippen molar-refractivity contribution in [3.05, 3.63) is 18.5 Å². The summed E-state index contributed by atoms with van der Waals surface area (Å²) in [4.78, 5) is 11.4. The molecule has 1 aliphatic heterocycles. The Hall–Kier alpha value is -1.80. The first-order valence-corrected chi connectivity index (χ1v) is 8.41. The van der Waals surface area contributed by atoms with Gasteiger partial charge in [0.25, 0.3) is 0 Å². The number of aromatic nitrogens is 4. The molecule has 0 atom stereocenters. The van der Waals surface area contributed by atoms with E-state index in [1.165, 1.54) is 11.8 Å². The van der Waals surface area contributed by atoms with Gasteiger partial charge in [0.1, 0.15) is 11.5 Å². The lowest BCUT2D eigenvalue weighted by Crippen LogP contribution is -2.37. The molecule has 1 saturated heterocycles. The molecule has 7 nitrogen and oxygen atoms in total. The number of anilines is 1. The fourth-order valence-electron chi connectivity index (χ4n) is 2.31. The highest BCUT2D eigenvalue weighted by Crippen LogP contribution is 2.24. The molecule has 2 aromatic rings. The minimum Gasteiger partial charge on any atom is -0.492 e. The predicted octanol–water partition coefficient (Wildman–Crippen LogP) is 1.69. The first kappa shape index (κ1) is 15.1. The van der Waals surface area contributed by atoms with Crippen LogP contribution in [0.4, 0.5) is 5.82 Å². The number of imidazole rings is 1. The maximum absolute atomic E-state index is 5.44. The minimum atomic E-state index is 0.548. The van der Waals surface area contributed by atoms with Crippen LogP contribution >= 0.6 is 11.8 Å². The maximum atomic E-state index is 5.44. The van der Waals surface area contributed by atoms with E-state index >= 15 is 0 Å². The molecule has 0 N–H and O–H groups in total. The van der Waals surface area contributed by atoms with Crippen LogP contribution in [0.1, 0.15) is 12.6 Å². The third-order valence-electron chi connectivity index (χ3n) is 3.38. The zero-order chi connectivity index (χ0) is 15.5. The van der Waals surface area contributed by atoms with Gasteiger partial charge in [-0.1, -0.05) is 18.3 Å². The molecule has 118 valence electrons. The summed E-state index contributed by atoms with van der Waals surface area (Å²) in [5.74, 6) is 1.38. The molecular formula is C14H19N5O2S. The molecule has 8 heteroatoms. The highest BCUT2D eigenvalue weighted by Gasteiger charge is 2.20. The quantitative estimate of drug-likeness (QED) is 0.613. The predicted molar refractivity (Wildman–Crippen MR) is 86.3 cm³/mol. The van der Waals surface area contributed by atoms with E-state index in [1.807, 2.05) is 19.4 Å². The van der Waals surface area contributed by atoms with E-state index < -0.39 is 0 Å². The van der Waals surface area contributed by atoms with Crippen molar-refractivity contribution in [3.63, 3.8) is 0 Å². The molecule has 0 radical (unpaired) electrons. The van der Waals surface area contributed by atoms with Gasteiger partial charge in [0.05, 0.1) is 26.0 Å². The number of rotatable bonds is 5. The summed E-state index contributed by atoms with van der Waals surface area (Å²) in [6.07, 6.45) is 3.79. The molecule has 0 spiro atoms. The lowest BCUT2D eigenvalue weighted by Gasteiger charge is -2.27. The second kappa shape index (κ2) is 6.53. The Kier molecular flexibility index (Phi) is 4.49. The first-order chi connectivity index (χ1) is 10.7. The van der Waals surface area contributed by atoms with Crippen molar-refractivity contribution in [3.8, 4) is 0 Å². The Bertz CT molecular complexity index is 681. The first-order valence-electron chi connectivity index (χ1n) is 7.19. The highest BCUT2D eigenvalue weighted by molar-refractivity contribution is 7.98. The van der Waals surface area contributed by atoms with Crippen molar-refractivity contribution < 1.29 is 9.47 Å². The Balaban J connectivity index is 2.06. The van der Waals surface area contributed by atoms with Crippen LogP contribution in [-0.4, -0.2) is 58.7 Å². The van der Waals surface area contributed by atoms with Gasteiger partial charge in [-0.05, 0) is 13.2 Å². The van der Waals surface area contributed by atoms with Crippen LogP contribution in [0.25, 0.3) is 11.4 Å². The van der Waals surface area contributed by atoms with Crippen molar-refractivity contribution in [2.45, 2.75) is 12.1 Å². The van der Waals surface area contributed by atoms with Gasteiger partial charge in [0.2, 0.25) is 5.16 Å². The van der Waals surface area contributed by atoms with Crippen LogP contribution in [0.3, 0.4) is 0 Å². The summed E-state index contributed by atoms with van der Waals surface area (Å²) in [5.41, 5.74) is 1.40. The Labute approximate surface area is 133 Å². The number of hydrogen-bond donors (Lipinski definition) is 0. The van der Waals surface area contributed by atoms with E-state index in [4.69, 9.17) is 9.47 Å². The SMILES string of the molecule is C=C(OCC)c1cn2nc(SC)nc(N3CCOCC3)c2n1. The van der Waals surface area contributed by atoms with Gasteiger partial charge in [-0.2, -0.15) is 4.98 Å². The van der Waals surface area contributed by atoms with E-state index in [2.05, 4.69) is 26.5 Å². The van der Waals surface area contributed by atoms with E-state index in [9.17, 15) is 0 Å². The van der Waals surface area contributed by atoms with Crippen LogP contribution in [0.2, 0.25) is 0 Å². The Morgan fingerprint density at radius 3 is 2.86 bits per heavy atom. The average molecular weight is 321 g/mol. The van der Waals surface area contributed by atoms with Crippen LogP contribution in [0.5, 0.6) is 0 Å². The summed E-state index contributed by atoms with van der Waals surface area (Å²) in [6.45, 7) is 9.39. The summed E-state index contributed by atoms with van der Waals surface area (Å²) < 4.78 is 12.6. The number of morpholine rings is 1. The average Bonchev–Trinajstić information content (AvgIpc) is 2.99. The lowest BCUT2D eigenvalue weighted by atomic mass is 10.4. The van der Waals surface area contributed by atoms with Crippen LogP contribution in [-0.2, 0) is 9.47 Å². The lowest BCUT2D eigenvalue weighted by molar-refractivity contribution is 0.122. The molecule has 0 saturated carbocycles. The van der Waals surface area contributed by atoms with E-state index in [1.54, 1.807) is 4.52 Å². The molecule has 0 bridgehead atoms. The largest absolute Gasteiger partial charge is 0.492 e. The number of thioether (sulfide) groups is 1. The van der Waals surface area contributed by atoms with Gasteiger partial charge >= 0.3 is 0 Å². The molecule has 3 heterocycles. The molecule has 1 fully saturated rings. The standard InChI is InChI=1S/C14H19N5O2S/c1-4-21-10(2)11-9-19-13(15-11)12(16-14(17-19)22-3)18-5-7-20-8-6-18/h9H,2,4-8H2,1,3H3. The molecule has 0 unspecified atom stereocenters. The number of nitrogens with zero attached hydrogens (tertiary/aromatic N) is 5. The third kappa shape index (κ3) is 2.89. The van der Waals surface area contributed by atoms with E-state index in [0.29, 0.717) is 36.4 Å². The van der Waals surface area contributed by atoms with Gasteiger partial charge in [-0.15, -0.1) is 5.10 Å². The Morgan fingerprint density at radius 1 is 1.41 bits per heavy atom. The smallest absolute Gasteiger partial charge is 0.209 e. The molecular weight excluding hydrogens is 302 g/mol. The molecule has 1 aliphatic rings. The molecule has 22 heavy (non-hydrogen) atoms. The molecule has 0 aliphatic carbocycles. The highest BCUT2D eigenvalue weighted by atomic mass is 32.2. The van der Waals surface area contributed by atoms with Gasteiger partial charge in [-0.3, -0.25) is 0 Å². The summed E-state index contributed by atoms with van der Waals surface area (Å²) in [7, 11) is 0. The number of hydrogen-bond acceptors (Lipinski definition) is 7. The molecule has 3 rings (SSSR count). The van der Waals surface area contributed by atoms with E-state index in [-0.39, 0.29) is 0 Å². The van der Waals surface area contributed by atoms with Crippen molar-refractivity contribution in [1.82, 2.24) is 19.6 Å². The molecule has 0 aromatic carbocycles. The molecule has 2 aromatic heterocycles. The van der Waals surface area contributed by atoms with Gasteiger partial charge in [-0.25, -0.2) is 9.50 Å². The second-order valence-electron chi connectivity index (χ2n) is 4.77. The van der Waals surface area contributed by atoms with Crippen molar-refractivity contribution in [2.24, 2.45) is 0 Å². The minimum absolute atomic E-state index is 0.548. The van der Waals surface area contributed by atoms with Crippen LogP contribution in [0.15, 0.2) is 17.9 Å². The Morgan fingerprint density at radius 2 is 2.18 bits per heavy atom. The summed E-state index contributed by atoms with van der Waals surface area (Å²) in [6, 6.07) is 0. The van der Waals surface area contributed by atoms with Gasteiger partial charge in [0, 0.05) is 13.1 Å². The van der Waals surface area contributed by atoms with Gasteiger partial charge < -0.3 is 14.4 Å². The summed E-state index contributed by atoms with van der Waals surface area (Å²) >= 11 is 1.51. The van der Waals surface area contributed by atoms with Crippen molar-refractivity contribution in [1.29, 1.82) is 0 Å². The number of ether oxygens (including phenoxy) is 2. The van der Waals surface area contributed by atoms with Gasteiger partial charge in [0.15, 0.2) is 11.5 Å².